The molecule has 0 unspecified atom stereocenters. The van der Waals surface area contributed by atoms with Crippen LogP contribution in [0, 0.1) is 0 Å². The Morgan fingerprint density at radius 3 is 2.40 bits per heavy atom. The number of benzene rings is 2. The molecule has 0 aliphatic heterocycles. The highest BCUT2D eigenvalue weighted by Gasteiger charge is 2.31. The van der Waals surface area contributed by atoms with Crippen LogP contribution in [0.4, 0.5) is 18.9 Å². The van der Waals surface area contributed by atoms with E-state index in [1.807, 2.05) is 24.3 Å². The summed E-state index contributed by atoms with van der Waals surface area (Å²) >= 11 is 3.33. The first-order valence-corrected chi connectivity index (χ1v) is 6.56. The minimum absolute atomic E-state index is 0.215. The molecule has 0 saturated heterocycles. The molecule has 106 valence electrons. The van der Waals surface area contributed by atoms with E-state index in [1.54, 1.807) is 6.07 Å². The topological polar surface area (TPSA) is 21.3 Å². The molecule has 0 atom stereocenters. The molecule has 0 bridgehead atoms. The van der Waals surface area contributed by atoms with E-state index < -0.39 is 6.36 Å². The van der Waals surface area contributed by atoms with Gasteiger partial charge in [0.05, 0.1) is 0 Å². The lowest BCUT2D eigenvalue weighted by Crippen LogP contribution is -2.17. The van der Waals surface area contributed by atoms with Crippen molar-refractivity contribution in [3.8, 4) is 5.75 Å². The Kier molecular flexibility index (Phi) is 4.54. The fourth-order valence-corrected chi connectivity index (χ4v) is 1.89. The standard InChI is InChI=1S/C14H11BrF3NO/c15-11-4-6-12(7-5-11)19-9-10-2-1-3-13(8-10)20-14(16,17)18/h1-8,19H,9H2. The van der Waals surface area contributed by atoms with Crippen LogP contribution < -0.4 is 10.1 Å². The van der Waals surface area contributed by atoms with E-state index in [2.05, 4.69) is 26.0 Å². The Hall–Kier alpha value is -1.69. The molecule has 0 aliphatic carbocycles. The number of hydrogen-bond donors (Lipinski definition) is 1. The molecule has 2 aromatic carbocycles. The van der Waals surface area contributed by atoms with E-state index in [1.165, 1.54) is 18.2 Å². The lowest BCUT2D eigenvalue weighted by atomic mass is 10.2. The molecule has 0 spiro atoms. The summed E-state index contributed by atoms with van der Waals surface area (Å²) in [5.74, 6) is -0.215. The molecule has 0 aliphatic rings. The van der Waals surface area contributed by atoms with Crippen LogP contribution in [0.3, 0.4) is 0 Å². The normalized spacial score (nSPS) is 11.2. The molecule has 2 nitrogen and oxygen atoms in total. The number of ether oxygens (including phenoxy) is 1. The third-order valence-electron chi connectivity index (χ3n) is 2.47. The Bertz CT molecular complexity index is 569. The summed E-state index contributed by atoms with van der Waals surface area (Å²) < 4.78 is 41.2. The largest absolute Gasteiger partial charge is 0.573 e. The zero-order valence-corrected chi connectivity index (χ0v) is 11.8. The molecular formula is C14H11BrF3NO. The fraction of sp³-hybridized carbons (Fsp3) is 0.143. The second kappa shape index (κ2) is 6.17. The third-order valence-corrected chi connectivity index (χ3v) is 3.00. The van der Waals surface area contributed by atoms with Crippen LogP contribution in [-0.2, 0) is 6.54 Å². The van der Waals surface area contributed by atoms with Crippen molar-refractivity contribution >= 4 is 21.6 Å². The summed E-state index contributed by atoms with van der Waals surface area (Å²) in [6.07, 6.45) is -4.67. The third kappa shape index (κ3) is 4.77. The molecule has 0 amide bonds. The minimum Gasteiger partial charge on any atom is -0.406 e. The number of alkyl halides is 3. The van der Waals surface area contributed by atoms with Gasteiger partial charge in [0.1, 0.15) is 5.75 Å². The van der Waals surface area contributed by atoms with Gasteiger partial charge in [-0.3, -0.25) is 0 Å². The summed E-state index contributed by atoms with van der Waals surface area (Å²) in [4.78, 5) is 0. The van der Waals surface area contributed by atoms with Gasteiger partial charge in [-0.1, -0.05) is 28.1 Å². The van der Waals surface area contributed by atoms with Crippen molar-refractivity contribution in [1.29, 1.82) is 0 Å². The van der Waals surface area contributed by atoms with E-state index in [0.29, 0.717) is 12.1 Å². The van der Waals surface area contributed by atoms with E-state index in [9.17, 15) is 13.2 Å². The van der Waals surface area contributed by atoms with Gasteiger partial charge in [-0.15, -0.1) is 13.2 Å². The minimum atomic E-state index is -4.67. The van der Waals surface area contributed by atoms with E-state index >= 15 is 0 Å². The van der Waals surface area contributed by atoms with Gasteiger partial charge >= 0.3 is 6.36 Å². The first kappa shape index (κ1) is 14.7. The van der Waals surface area contributed by atoms with Gasteiger partial charge in [0.15, 0.2) is 0 Å². The second-order valence-corrected chi connectivity index (χ2v) is 4.97. The van der Waals surface area contributed by atoms with Crippen LogP contribution in [-0.4, -0.2) is 6.36 Å². The molecule has 0 heterocycles. The van der Waals surface area contributed by atoms with Crippen LogP contribution in [0.15, 0.2) is 53.0 Å². The number of halogens is 4. The predicted molar refractivity (Wildman–Crippen MR) is 74.6 cm³/mol. The molecule has 1 N–H and O–H groups in total. The average Bonchev–Trinajstić information content (AvgIpc) is 2.36. The van der Waals surface area contributed by atoms with Crippen molar-refractivity contribution in [2.45, 2.75) is 12.9 Å². The molecule has 0 radical (unpaired) electrons. The summed E-state index contributed by atoms with van der Waals surface area (Å²) in [5, 5.41) is 3.12. The summed E-state index contributed by atoms with van der Waals surface area (Å²) in [7, 11) is 0. The number of anilines is 1. The summed E-state index contributed by atoms with van der Waals surface area (Å²) in [5.41, 5.74) is 1.59. The van der Waals surface area contributed by atoms with Crippen molar-refractivity contribution in [3.05, 3.63) is 58.6 Å². The van der Waals surface area contributed by atoms with Gasteiger partial charge in [-0.25, -0.2) is 0 Å². The smallest absolute Gasteiger partial charge is 0.406 e. The highest BCUT2D eigenvalue weighted by molar-refractivity contribution is 9.10. The molecule has 2 aromatic rings. The van der Waals surface area contributed by atoms with Crippen molar-refractivity contribution in [1.82, 2.24) is 0 Å². The molecule has 2 rings (SSSR count). The molecule has 0 aromatic heterocycles. The van der Waals surface area contributed by atoms with Gasteiger partial charge in [0.25, 0.3) is 0 Å². The van der Waals surface area contributed by atoms with Crippen molar-refractivity contribution in [2.24, 2.45) is 0 Å². The van der Waals surface area contributed by atoms with Gasteiger partial charge in [-0.2, -0.15) is 0 Å². The number of hydrogen-bond acceptors (Lipinski definition) is 2. The number of nitrogens with one attached hydrogen (secondary N) is 1. The Balaban J connectivity index is 1.99. The van der Waals surface area contributed by atoms with Crippen LogP contribution in [0.5, 0.6) is 5.75 Å². The van der Waals surface area contributed by atoms with Gasteiger partial charge in [0.2, 0.25) is 0 Å². The SMILES string of the molecule is FC(F)(F)Oc1cccc(CNc2ccc(Br)cc2)c1. The van der Waals surface area contributed by atoms with Crippen LogP contribution >= 0.6 is 15.9 Å². The maximum Gasteiger partial charge on any atom is 0.573 e. The van der Waals surface area contributed by atoms with Crippen molar-refractivity contribution < 1.29 is 17.9 Å². The summed E-state index contributed by atoms with van der Waals surface area (Å²) in [6.45, 7) is 0.413. The zero-order valence-electron chi connectivity index (χ0n) is 10.2. The van der Waals surface area contributed by atoms with Crippen LogP contribution in [0.2, 0.25) is 0 Å². The molecule has 0 saturated carbocycles. The monoisotopic (exact) mass is 345 g/mol. The number of rotatable bonds is 4. The van der Waals surface area contributed by atoms with E-state index in [-0.39, 0.29) is 5.75 Å². The molecule has 0 fully saturated rings. The van der Waals surface area contributed by atoms with Crippen LogP contribution in [0.25, 0.3) is 0 Å². The predicted octanol–water partition coefficient (Wildman–Crippen LogP) is 4.96. The zero-order chi connectivity index (χ0) is 14.6. The first-order valence-electron chi connectivity index (χ1n) is 5.76. The Labute approximate surface area is 122 Å². The maximum absolute atomic E-state index is 12.1. The van der Waals surface area contributed by atoms with Gasteiger partial charge in [-0.05, 0) is 42.0 Å². The van der Waals surface area contributed by atoms with Crippen LogP contribution in [0.1, 0.15) is 5.56 Å². The molecule has 20 heavy (non-hydrogen) atoms. The average molecular weight is 346 g/mol. The Morgan fingerprint density at radius 1 is 1.05 bits per heavy atom. The Morgan fingerprint density at radius 2 is 1.75 bits per heavy atom. The summed E-state index contributed by atoms with van der Waals surface area (Å²) in [6, 6.07) is 13.4. The van der Waals surface area contributed by atoms with Gasteiger partial charge in [0, 0.05) is 16.7 Å². The van der Waals surface area contributed by atoms with Crippen molar-refractivity contribution in [2.75, 3.05) is 5.32 Å². The van der Waals surface area contributed by atoms with E-state index in [0.717, 1.165) is 10.2 Å². The molecule has 6 heteroatoms. The highest BCUT2D eigenvalue weighted by atomic mass is 79.9. The van der Waals surface area contributed by atoms with E-state index in [4.69, 9.17) is 0 Å². The first-order chi connectivity index (χ1) is 9.42. The lowest BCUT2D eigenvalue weighted by molar-refractivity contribution is -0.274. The van der Waals surface area contributed by atoms with Crippen molar-refractivity contribution in [3.63, 3.8) is 0 Å². The fourth-order valence-electron chi connectivity index (χ4n) is 1.62. The molecular weight excluding hydrogens is 335 g/mol. The maximum atomic E-state index is 12.1. The van der Waals surface area contributed by atoms with Gasteiger partial charge < -0.3 is 10.1 Å². The highest BCUT2D eigenvalue weighted by Crippen LogP contribution is 2.23. The quantitative estimate of drug-likeness (QED) is 0.845. The second-order valence-electron chi connectivity index (χ2n) is 4.06. The lowest BCUT2D eigenvalue weighted by Gasteiger charge is -2.11.